The zero-order chi connectivity index (χ0) is 20.3. The van der Waals surface area contributed by atoms with Crippen LogP contribution in [0.25, 0.3) is 5.69 Å². The fraction of sp³-hybridized carbons (Fsp3) is 0.400. The monoisotopic (exact) mass is 383 g/mol. The first kappa shape index (κ1) is 18.2. The molecule has 1 saturated carbocycles. The van der Waals surface area contributed by atoms with Crippen LogP contribution >= 0.6 is 0 Å². The number of aliphatic carboxylic acids is 2. The van der Waals surface area contributed by atoms with E-state index in [4.69, 9.17) is 0 Å². The molecule has 2 heterocycles. The lowest BCUT2D eigenvalue weighted by atomic mass is 9.97. The zero-order valence-electron chi connectivity index (χ0n) is 15.7. The van der Waals surface area contributed by atoms with Crippen LogP contribution in [0.3, 0.4) is 0 Å². The number of aryl methyl sites for hydroxylation is 1. The minimum absolute atomic E-state index is 0.0572. The second-order valence-electron chi connectivity index (χ2n) is 7.77. The van der Waals surface area contributed by atoms with Gasteiger partial charge in [-0.1, -0.05) is 18.2 Å². The van der Waals surface area contributed by atoms with Crippen molar-refractivity contribution in [3.05, 3.63) is 47.3 Å². The van der Waals surface area contributed by atoms with Crippen LogP contribution in [-0.4, -0.2) is 55.8 Å². The van der Waals surface area contributed by atoms with Crippen molar-refractivity contribution in [3.63, 3.8) is 0 Å². The van der Waals surface area contributed by atoms with Gasteiger partial charge in [-0.3, -0.25) is 14.4 Å². The quantitative estimate of drug-likeness (QED) is 0.807. The van der Waals surface area contributed by atoms with E-state index in [1.807, 2.05) is 44.2 Å². The van der Waals surface area contributed by atoms with Gasteiger partial charge in [0.25, 0.3) is 0 Å². The molecule has 0 bridgehead atoms. The third-order valence-corrected chi connectivity index (χ3v) is 6.26. The van der Waals surface area contributed by atoms with Gasteiger partial charge in [-0.2, -0.15) is 5.10 Å². The SMILES string of the molecule is Cc1nn(-c2ccccc2)c(C)c1CC(=O)N1C[C@@]2(C(=O)O)C[C@@]2(C(=O)O)C1. The molecule has 0 unspecified atom stereocenters. The maximum Gasteiger partial charge on any atom is 0.312 e. The number of amides is 1. The fourth-order valence-electron chi connectivity index (χ4n) is 4.48. The first-order valence-electron chi connectivity index (χ1n) is 9.07. The maximum absolute atomic E-state index is 12.9. The molecule has 0 spiro atoms. The smallest absolute Gasteiger partial charge is 0.312 e. The van der Waals surface area contributed by atoms with Crippen molar-refractivity contribution < 1.29 is 24.6 Å². The van der Waals surface area contributed by atoms with Crippen molar-refractivity contribution in [2.75, 3.05) is 13.1 Å². The summed E-state index contributed by atoms with van der Waals surface area (Å²) in [7, 11) is 0. The second kappa shape index (κ2) is 5.92. The molecule has 1 amide bonds. The number of piperidine rings is 1. The van der Waals surface area contributed by atoms with Crippen LogP contribution < -0.4 is 0 Å². The molecule has 2 aliphatic rings. The number of carboxylic acid groups (broad SMARTS) is 2. The standard InChI is InChI=1S/C20H21N3O5/c1-12-15(13(2)23(21-12)14-6-4-3-5-7-14)8-16(24)22-10-19(17(25)26)9-20(19,11-22)18(27)28/h3-7H,8-11H2,1-2H3,(H,25,26)(H,27,28)/t19-,20+. The third kappa shape index (κ3) is 2.37. The minimum Gasteiger partial charge on any atom is -0.481 e. The van der Waals surface area contributed by atoms with E-state index >= 15 is 0 Å². The largest absolute Gasteiger partial charge is 0.481 e. The summed E-state index contributed by atoms with van der Waals surface area (Å²) in [6.45, 7) is 3.60. The Kier molecular flexibility index (Phi) is 3.85. The Morgan fingerprint density at radius 2 is 1.61 bits per heavy atom. The summed E-state index contributed by atoms with van der Waals surface area (Å²) in [5.41, 5.74) is 0.517. The van der Waals surface area contributed by atoms with Gasteiger partial charge in [-0.05, 0) is 32.4 Å². The van der Waals surface area contributed by atoms with Gasteiger partial charge in [0.15, 0.2) is 0 Å². The molecule has 8 heteroatoms. The Morgan fingerprint density at radius 3 is 2.14 bits per heavy atom. The molecule has 28 heavy (non-hydrogen) atoms. The predicted octanol–water partition coefficient (Wildman–Crippen LogP) is 1.42. The number of para-hydroxylation sites is 1. The molecular weight excluding hydrogens is 362 g/mol. The summed E-state index contributed by atoms with van der Waals surface area (Å²) >= 11 is 0. The summed E-state index contributed by atoms with van der Waals surface area (Å²) in [5, 5.41) is 23.6. The Balaban J connectivity index is 1.57. The number of fused-ring (bicyclic) bond motifs is 1. The Morgan fingerprint density at radius 1 is 1.04 bits per heavy atom. The van der Waals surface area contributed by atoms with Crippen LogP contribution in [0.4, 0.5) is 0 Å². The average Bonchev–Trinajstić information content (AvgIpc) is 3.08. The van der Waals surface area contributed by atoms with Crippen LogP contribution in [0, 0.1) is 24.7 Å². The highest BCUT2D eigenvalue weighted by Gasteiger charge is 2.81. The van der Waals surface area contributed by atoms with Gasteiger partial charge in [0.2, 0.25) is 5.91 Å². The fourth-order valence-corrected chi connectivity index (χ4v) is 4.48. The number of nitrogens with zero attached hydrogens (tertiary/aromatic N) is 3. The van der Waals surface area contributed by atoms with Crippen molar-refractivity contribution in [3.8, 4) is 5.69 Å². The van der Waals surface area contributed by atoms with Crippen LogP contribution in [0.1, 0.15) is 23.4 Å². The highest BCUT2D eigenvalue weighted by atomic mass is 16.4. The van der Waals surface area contributed by atoms with Crippen molar-refractivity contribution in [1.29, 1.82) is 0 Å². The summed E-state index contributed by atoms with van der Waals surface area (Å²) < 4.78 is 1.77. The molecule has 0 radical (unpaired) electrons. The zero-order valence-corrected chi connectivity index (χ0v) is 15.7. The van der Waals surface area contributed by atoms with E-state index in [1.165, 1.54) is 4.90 Å². The van der Waals surface area contributed by atoms with Gasteiger partial charge in [0.05, 0.1) is 17.8 Å². The lowest BCUT2D eigenvalue weighted by molar-refractivity contribution is -0.151. The first-order chi connectivity index (χ1) is 13.2. The van der Waals surface area contributed by atoms with Gasteiger partial charge in [-0.25, -0.2) is 4.68 Å². The van der Waals surface area contributed by atoms with E-state index in [9.17, 15) is 24.6 Å². The van der Waals surface area contributed by atoms with Crippen LogP contribution in [0.2, 0.25) is 0 Å². The number of likely N-dealkylation sites (tertiary alicyclic amines) is 1. The number of benzene rings is 1. The summed E-state index contributed by atoms with van der Waals surface area (Å²) in [5.74, 6) is -2.56. The molecule has 4 rings (SSSR count). The summed E-state index contributed by atoms with van der Waals surface area (Å²) in [6.07, 6.45) is 0.147. The summed E-state index contributed by atoms with van der Waals surface area (Å²) in [6, 6.07) is 9.57. The van der Waals surface area contributed by atoms with Gasteiger partial charge >= 0.3 is 11.9 Å². The normalized spacial score (nSPS) is 25.4. The number of hydrogen-bond donors (Lipinski definition) is 2. The number of carbonyl (C=O) groups excluding carboxylic acids is 1. The molecule has 8 nitrogen and oxygen atoms in total. The average molecular weight is 383 g/mol. The lowest BCUT2D eigenvalue weighted by Crippen LogP contribution is -2.35. The Bertz CT molecular complexity index is 971. The molecule has 2 aromatic rings. The molecule has 1 saturated heterocycles. The Hall–Kier alpha value is -3.16. The number of aromatic nitrogens is 2. The lowest BCUT2D eigenvalue weighted by Gasteiger charge is -2.20. The van der Waals surface area contributed by atoms with E-state index < -0.39 is 22.8 Å². The van der Waals surface area contributed by atoms with Gasteiger partial charge in [0, 0.05) is 24.3 Å². The van der Waals surface area contributed by atoms with E-state index in [0.717, 1.165) is 22.6 Å². The molecule has 1 aromatic carbocycles. The van der Waals surface area contributed by atoms with Gasteiger partial charge in [0.1, 0.15) is 10.8 Å². The van der Waals surface area contributed by atoms with Crippen LogP contribution in [0.15, 0.2) is 30.3 Å². The molecule has 1 aromatic heterocycles. The molecule has 2 fully saturated rings. The molecule has 1 aliphatic heterocycles. The predicted molar refractivity (Wildman–Crippen MR) is 98.1 cm³/mol. The second-order valence-corrected chi connectivity index (χ2v) is 7.77. The molecule has 146 valence electrons. The number of carbonyl (C=O) groups is 3. The molecule has 1 aliphatic carbocycles. The van der Waals surface area contributed by atoms with E-state index in [2.05, 4.69) is 5.10 Å². The Labute approximate surface area is 161 Å². The van der Waals surface area contributed by atoms with Crippen LogP contribution in [0.5, 0.6) is 0 Å². The highest BCUT2D eigenvalue weighted by Crippen LogP contribution is 2.68. The minimum atomic E-state index is -1.35. The first-order valence-corrected chi connectivity index (χ1v) is 9.07. The third-order valence-electron chi connectivity index (χ3n) is 6.26. The molecule has 2 N–H and O–H groups in total. The van der Waals surface area contributed by atoms with Crippen molar-refractivity contribution in [2.45, 2.75) is 26.7 Å². The molecule has 2 atom stereocenters. The number of carboxylic acids is 2. The van der Waals surface area contributed by atoms with Gasteiger partial charge < -0.3 is 15.1 Å². The van der Waals surface area contributed by atoms with E-state index in [1.54, 1.807) is 4.68 Å². The number of rotatable bonds is 5. The van der Waals surface area contributed by atoms with Crippen molar-refractivity contribution in [1.82, 2.24) is 14.7 Å². The van der Waals surface area contributed by atoms with Gasteiger partial charge in [-0.15, -0.1) is 0 Å². The van der Waals surface area contributed by atoms with Crippen molar-refractivity contribution in [2.24, 2.45) is 10.8 Å². The number of hydrogen-bond acceptors (Lipinski definition) is 4. The van der Waals surface area contributed by atoms with Crippen LogP contribution in [-0.2, 0) is 20.8 Å². The topological polar surface area (TPSA) is 113 Å². The molecular formula is C20H21N3O5. The summed E-state index contributed by atoms with van der Waals surface area (Å²) in [4.78, 5) is 37.6. The highest BCUT2D eigenvalue weighted by molar-refractivity contribution is 5.96. The van der Waals surface area contributed by atoms with E-state index in [-0.39, 0.29) is 31.8 Å². The van der Waals surface area contributed by atoms with E-state index in [0.29, 0.717) is 0 Å². The van der Waals surface area contributed by atoms with Crippen molar-refractivity contribution >= 4 is 17.8 Å². The maximum atomic E-state index is 12.9.